The molecule has 0 saturated carbocycles. The third-order valence-corrected chi connectivity index (χ3v) is 7.72. The van der Waals surface area contributed by atoms with E-state index in [0.29, 0.717) is 11.6 Å². The van der Waals surface area contributed by atoms with Crippen LogP contribution in [0.3, 0.4) is 0 Å². The largest absolute Gasteiger partial charge is 0.493 e. The molecule has 0 unspecified atom stereocenters. The maximum absolute atomic E-state index is 13.1. The van der Waals surface area contributed by atoms with E-state index in [1.54, 1.807) is 25.6 Å². The van der Waals surface area contributed by atoms with Crippen LogP contribution in [-0.4, -0.2) is 61.1 Å². The SMILES string of the molecule is COc1cccc(CN2CCC[C@@]3(CCN(C(=O)c4csc(C(C)C)n4)C3)C2)c1OC. The van der Waals surface area contributed by atoms with Crippen LogP contribution in [0.15, 0.2) is 23.6 Å². The maximum atomic E-state index is 13.1. The van der Waals surface area contributed by atoms with Gasteiger partial charge in [0.2, 0.25) is 0 Å². The van der Waals surface area contributed by atoms with E-state index in [2.05, 4.69) is 29.8 Å². The second-order valence-corrected chi connectivity index (χ2v) is 10.1. The molecule has 0 aliphatic carbocycles. The fraction of sp³-hybridized carbons (Fsp3) is 0.583. The molecule has 1 spiro atoms. The lowest BCUT2D eigenvalue weighted by molar-refractivity contribution is 0.0669. The van der Waals surface area contributed by atoms with Crippen molar-refractivity contribution < 1.29 is 14.3 Å². The molecule has 1 aromatic carbocycles. The normalized spacial score (nSPS) is 21.8. The van der Waals surface area contributed by atoms with E-state index in [1.807, 2.05) is 22.4 Å². The molecule has 31 heavy (non-hydrogen) atoms. The topological polar surface area (TPSA) is 54.9 Å². The number of rotatable bonds is 6. The van der Waals surface area contributed by atoms with Crippen LogP contribution in [0.5, 0.6) is 11.5 Å². The molecule has 1 aromatic heterocycles. The van der Waals surface area contributed by atoms with E-state index in [4.69, 9.17) is 9.47 Å². The van der Waals surface area contributed by atoms with Crippen LogP contribution in [0.25, 0.3) is 0 Å². The number of carbonyl (C=O) groups excluding carboxylic acids is 1. The minimum atomic E-state index is 0.0895. The highest BCUT2D eigenvalue weighted by Crippen LogP contribution is 2.41. The van der Waals surface area contributed by atoms with E-state index in [1.165, 1.54) is 6.42 Å². The van der Waals surface area contributed by atoms with Crippen molar-refractivity contribution in [2.45, 2.75) is 45.6 Å². The summed E-state index contributed by atoms with van der Waals surface area (Å²) >= 11 is 1.59. The number of nitrogens with zero attached hydrogens (tertiary/aromatic N) is 3. The van der Waals surface area contributed by atoms with Gasteiger partial charge >= 0.3 is 0 Å². The molecule has 2 aliphatic heterocycles. The Kier molecular flexibility index (Phi) is 6.53. The number of methoxy groups -OCH3 is 2. The average molecular weight is 444 g/mol. The van der Waals surface area contributed by atoms with Gasteiger partial charge in [0, 0.05) is 48.5 Å². The predicted octanol–water partition coefficient (Wildman–Crippen LogP) is 4.41. The lowest BCUT2D eigenvalue weighted by atomic mass is 9.79. The van der Waals surface area contributed by atoms with Crippen molar-refractivity contribution in [2.75, 3.05) is 40.4 Å². The highest BCUT2D eigenvalue weighted by atomic mass is 32.1. The zero-order valence-electron chi connectivity index (χ0n) is 19.0. The summed E-state index contributed by atoms with van der Waals surface area (Å²) in [6.07, 6.45) is 3.39. The summed E-state index contributed by atoms with van der Waals surface area (Å²) < 4.78 is 11.1. The van der Waals surface area contributed by atoms with Gasteiger partial charge in [0.1, 0.15) is 5.69 Å². The van der Waals surface area contributed by atoms with Crippen molar-refractivity contribution >= 4 is 17.2 Å². The first-order valence-electron chi connectivity index (χ1n) is 11.1. The Morgan fingerprint density at radius 1 is 1.19 bits per heavy atom. The number of hydrogen-bond acceptors (Lipinski definition) is 6. The van der Waals surface area contributed by atoms with Crippen molar-refractivity contribution in [1.82, 2.24) is 14.8 Å². The number of thiazole rings is 1. The first kappa shape index (κ1) is 22.1. The molecule has 3 heterocycles. The van der Waals surface area contributed by atoms with E-state index in [9.17, 15) is 4.79 Å². The van der Waals surface area contributed by atoms with Crippen LogP contribution in [0, 0.1) is 5.41 Å². The fourth-order valence-electron chi connectivity index (χ4n) is 5.02. The molecule has 1 atom stereocenters. The number of carbonyl (C=O) groups is 1. The Hall–Kier alpha value is -2.12. The Morgan fingerprint density at radius 2 is 2.03 bits per heavy atom. The number of amides is 1. The standard InChI is InChI=1S/C24H33N3O3S/c1-17(2)22-25-19(14-31-22)23(28)27-12-10-24(16-27)9-6-11-26(15-24)13-18-7-5-8-20(29-3)21(18)30-4/h5,7-8,14,17H,6,9-13,15-16H2,1-4H3/t24-/m1/s1. The molecule has 4 rings (SSSR count). The van der Waals surface area contributed by atoms with Crippen LogP contribution in [-0.2, 0) is 6.54 Å². The van der Waals surface area contributed by atoms with Crippen molar-refractivity contribution in [3.05, 3.63) is 39.8 Å². The number of likely N-dealkylation sites (tertiary alicyclic amines) is 2. The summed E-state index contributed by atoms with van der Waals surface area (Å²) in [4.78, 5) is 22.2. The molecular formula is C24H33N3O3S. The number of para-hydroxylation sites is 1. The van der Waals surface area contributed by atoms with Gasteiger partial charge in [0.25, 0.3) is 5.91 Å². The van der Waals surface area contributed by atoms with E-state index < -0.39 is 0 Å². The number of ether oxygens (including phenoxy) is 2. The number of hydrogen-bond donors (Lipinski definition) is 0. The van der Waals surface area contributed by atoms with Gasteiger partial charge in [-0.25, -0.2) is 4.98 Å². The molecule has 6 nitrogen and oxygen atoms in total. The van der Waals surface area contributed by atoms with Gasteiger partial charge in [-0.1, -0.05) is 26.0 Å². The van der Waals surface area contributed by atoms with Crippen molar-refractivity contribution in [1.29, 1.82) is 0 Å². The van der Waals surface area contributed by atoms with Gasteiger partial charge in [-0.3, -0.25) is 9.69 Å². The summed E-state index contributed by atoms with van der Waals surface area (Å²) in [7, 11) is 3.37. The van der Waals surface area contributed by atoms with Gasteiger partial charge in [-0.05, 0) is 31.9 Å². The minimum absolute atomic E-state index is 0.0895. The van der Waals surface area contributed by atoms with Gasteiger partial charge in [0.15, 0.2) is 11.5 Å². The highest BCUT2D eigenvalue weighted by Gasteiger charge is 2.43. The molecule has 2 aromatic rings. The summed E-state index contributed by atoms with van der Waals surface area (Å²) in [6.45, 7) is 8.79. The molecule has 1 amide bonds. The van der Waals surface area contributed by atoms with Crippen molar-refractivity contribution in [2.24, 2.45) is 5.41 Å². The monoisotopic (exact) mass is 443 g/mol. The van der Waals surface area contributed by atoms with E-state index >= 15 is 0 Å². The zero-order valence-corrected chi connectivity index (χ0v) is 19.8. The van der Waals surface area contributed by atoms with Gasteiger partial charge in [-0.15, -0.1) is 11.3 Å². The molecule has 0 radical (unpaired) electrons. The minimum Gasteiger partial charge on any atom is -0.493 e. The Balaban J connectivity index is 1.43. The second-order valence-electron chi connectivity index (χ2n) is 9.17. The third kappa shape index (κ3) is 4.58. The van der Waals surface area contributed by atoms with Crippen LogP contribution in [0.1, 0.15) is 60.1 Å². The van der Waals surface area contributed by atoms with Crippen LogP contribution in [0.2, 0.25) is 0 Å². The van der Waals surface area contributed by atoms with Crippen LogP contribution in [0.4, 0.5) is 0 Å². The maximum Gasteiger partial charge on any atom is 0.273 e. The first-order chi connectivity index (χ1) is 14.9. The predicted molar refractivity (Wildman–Crippen MR) is 123 cm³/mol. The van der Waals surface area contributed by atoms with Gasteiger partial charge in [0.05, 0.1) is 19.2 Å². The summed E-state index contributed by atoms with van der Waals surface area (Å²) in [5.74, 6) is 2.04. The Morgan fingerprint density at radius 3 is 2.74 bits per heavy atom. The van der Waals surface area contributed by atoms with Crippen LogP contribution < -0.4 is 9.47 Å². The second kappa shape index (κ2) is 9.17. The molecule has 168 valence electrons. The number of piperidine rings is 1. The Bertz CT molecular complexity index is 929. The lowest BCUT2D eigenvalue weighted by Gasteiger charge is -2.40. The summed E-state index contributed by atoms with van der Waals surface area (Å²) in [5.41, 5.74) is 1.93. The van der Waals surface area contributed by atoms with Gasteiger partial charge in [-0.2, -0.15) is 0 Å². The lowest BCUT2D eigenvalue weighted by Crippen LogP contribution is -2.45. The molecule has 2 aliphatic rings. The Labute approximate surface area is 189 Å². The summed E-state index contributed by atoms with van der Waals surface area (Å²) in [5, 5.41) is 2.96. The summed E-state index contributed by atoms with van der Waals surface area (Å²) in [6, 6.07) is 6.07. The molecule has 0 N–H and O–H groups in total. The zero-order chi connectivity index (χ0) is 22.0. The van der Waals surface area contributed by atoms with Crippen molar-refractivity contribution in [3.63, 3.8) is 0 Å². The highest BCUT2D eigenvalue weighted by molar-refractivity contribution is 7.09. The van der Waals surface area contributed by atoms with E-state index in [0.717, 1.165) is 67.6 Å². The first-order valence-corrected chi connectivity index (χ1v) is 12.0. The fourth-order valence-corrected chi connectivity index (χ4v) is 5.83. The third-order valence-electron chi connectivity index (χ3n) is 6.58. The molecule has 2 saturated heterocycles. The quantitative estimate of drug-likeness (QED) is 0.662. The molecule has 2 fully saturated rings. The smallest absolute Gasteiger partial charge is 0.273 e. The molecule has 0 bridgehead atoms. The van der Waals surface area contributed by atoms with E-state index in [-0.39, 0.29) is 11.3 Å². The van der Waals surface area contributed by atoms with Crippen molar-refractivity contribution in [3.8, 4) is 11.5 Å². The average Bonchev–Trinajstić information content (AvgIpc) is 3.41. The van der Waals surface area contributed by atoms with Crippen LogP contribution >= 0.6 is 11.3 Å². The van der Waals surface area contributed by atoms with Gasteiger partial charge < -0.3 is 14.4 Å². The number of benzene rings is 1. The number of aromatic nitrogens is 1. The molecular weight excluding hydrogens is 410 g/mol. The molecule has 7 heteroatoms.